The maximum absolute atomic E-state index is 13.2. The monoisotopic (exact) mass is 694 g/mol. The lowest BCUT2D eigenvalue weighted by molar-refractivity contribution is -0.193. The summed E-state index contributed by atoms with van der Waals surface area (Å²) in [6.45, 7) is 3.31. The van der Waals surface area contributed by atoms with Gasteiger partial charge in [0.05, 0.1) is 24.9 Å². The fourth-order valence-corrected chi connectivity index (χ4v) is 4.95. The van der Waals surface area contributed by atoms with Crippen LogP contribution in [0, 0.1) is 12.8 Å². The van der Waals surface area contributed by atoms with E-state index in [9.17, 15) is 31.1 Å². The van der Waals surface area contributed by atoms with Gasteiger partial charge in [-0.15, -0.1) is 11.8 Å². The molecule has 47 heavy (non-hydrogen) atoms. The summed E-state index contributed by atoms with van der Waals surface area (Å²) in [7, 11) is 5.76. The number of rotatable bonds is 8. The molecule has 11 nitrogen and oxygen atoms in total. The van der Waals surface area contributed by atoms with Gasteiger partial charge in [-0.05, 0) is 68.9 Å². The summed E-state index contributed by atoms with van der Waals surface area (Å²) >= 11 is 1.74. The molecule has 3 aromatic rings. The molecule has 1 amide bonds. The normalized spacial score (nSPS) is 14.0. The first kappa shape index (κ1) is 38.7. The standard InChI is InChI=1S/C25H30N4O3S.2C2HF3O2/c1-16-21(14-26-28-16)17-5-7-22(24(13-17)33-10-9-29(2)3)27-25(30)19-11-18-12-20(31-4)6-8-23(18)32-15-19;2*3-2(4,5)1(6)7/h5-8,12-14,19H,9-11,15H2,1-4H3,(H,26,28)(H,27,30);2*(H,6,7). The van der Waals surface area contributed by atoms with Crippen LogP contribution in [0.2, 0.25) is 0 Å². The van der Waals surface area contributed by atoms with E-state index in [2.05, 4.69) is 40.6 Å². The molecule has 0 aliphatic carbocycles. The number of aryl methyl sites for hydroxylation is 1. The number of H-pyrrole nitrogens is 1. The highest BCUT2D eigenvalue weighted by atomic mass is 32.2. The summed E-state index contributed by atoms with van der Waals surface area (Å²) in [5.41, 5.74) is 4.98. The second kappa shape index (κ2) is 16.9. The summed E-state index contributed by atoms with van der Waals surface area (Å²) in [6, 6.07) is 11.9. The zero-order valence-corrected chi connectivity index (χ0v) is 26.3. The van der Waals surface area contributed by atoms with Crippen LogP contribution in [0.5, 0.6) is 11.5 Å². The number of benzene rings is 2. The molecule has 0 fully saturated rings. The number of anilines is 1. The number of alkyl halides is 6. The summed E-state index contributed by atoms with van der Waals surface area (Å²) in [5, 5.41) is 24.5. The first-order valence-electron chi connectivity index (χ1n) is 13.5. The molecule has 2 heterocycles. The van der Waals surface area contributed by atoms with Crippen LogP contribution in [0.1, 0.15) is 11.3 Å². The molecule has 2 aromatic carbocycles. The zero-order chi connectivity index (χ0) is 35.5. The Morgan fingerprint density at radius 1 is 1.06 bits per heavy atom. The van der Waals surface area contributed by atoms with Crippen LogP contribution in [-0.2, 0) is 20.8 Å². The minimum Gasteiger partial charge on any atom is -0.497 e. The van der Waals surface area contributed by atoms with E-state index in [0.29, 0.717) is 13.0 Å². The Hall–Kier alpha value is -4.45. The molecule has 0 saturated carbocycles. The average molecular weight is 695 g/mol. The fraction of sp³-hybridized carbons (Fsp3) is 0.379. The molecular weight excluding hydrogens is 662 g/mol. The first-order valence-corrected chi connectivity index (χ1v) is 14.4. The van der Waals surface area contributed by atoms with Crippen molar-refractivity contribution in [3.05, 3.63) is 53.9 Å². The second-order valence-corrected chi connectivity index (χ2v) is 11.2. The van der Waals surface area contributed by atoms with Gasteiger partial charge in [0.2, 0.25) is 5.91 Å². The molecule has 0 radical (unpaired) electrons. The number of carboxylic acid groups (broad SMARTS) is 2. The van der Waals surface area contributed by atoms with Crippen molar-refractivity contribution >= 4 is 35.3 Å². The van der Waals surface area contributed by atoms with Crippen LogP contribution in [0.15, 0.2) is 47.5 Å². The number of fused-ring (bicyclic) bond motifs is 1. The third kappa shape index (κ3) is 12.3. The van der Waals surface area contributed by atoms with Crippen LogP contribution in [-0.4, -0.2) is 95.6 Å². The summed E-state index contributed by atoms with van der Waals surface area (Å²) in [4.78, 5) is 34.2. The summed E-state index contributed by atoms with van der Waals surface area (Å²) in [5.74, 6) is -3.31. The third-order valence-electron chi connectivity index (χ3n) is 6.21. The summed E-state index contributed by atoms with van der Waals surface area (Å²) in [6.07, 6.45) is -7.71. The van der Waals surface area contributed by atoms with Crippen molar-refractivity contribution in [2.24, 2.45) is 5.92 Å². The van der Waals surface area contributed by atoms with Crippen molar-refractivity contribution < 1.29 is 60.4 Å². The lowest BCUT2D eigenvalue weighted by Crippen LogP contribution is -2.32. The average Bonchev–Trinajstić information content (AvgIpc) is 3.42. The molecule has 1 aromatic heterocycles. The molecule has 1 unspecified atom stereocenters. The van der Waals surface area contributed by atoms with Crippen molar-refractivity contribution in [3.63, 3.8) is 0 Å². The van der Waals surface area contributed by atoms with Crippen LogP contribution < -0.4 is 14.8 Å². The van der Waals surface area contributed by atoms with Gasteiger partial charge in [0.25, 0.3) is 0 Å². The fourth-order valence-electron chi connectivity index (χ4n) is 3.79. The van der Waals surface area contributed by atoms with Crippen LogP contribution in [0.25, 0.3) is 11.1 Å². The Bertz CT molecular complexity index is 1510. The quantitative estimate of drug-likeness (QED) is 0.176. The van der Waals surface area contributed by atoms with Crippen molar-refractivity contribution in [1.82, 2.24) is 15.1 Å². The predicted molar refractivity (Wildman–Crippen MR) is 160 cm³/mol. The number of nitrogens with zero attached hydrogens (tertiary/aromatic N) is 2. The minimum absolute atomic E-state index is 0.0369. The second-order valence-electron chi connectivity index (χ2n) is 10.1. The van der Waals surface area contributed by atoms with Gasteiger partial charge in [-0.3, -0.25) is 9.89 Å². The Kier molecular flexibility index (Phi) is 13.9. The Morgan fingerprint density at radius 3 is 2.19 bits per heavy atom. The molecule has 4 rings (SSSR count). The smallest absolute Gasteiger partial charge is 0.490 e. The predicted octanol–water partition coefficient (Wildman–Crippen LogP) is 5.50. The SMILES string of the molecule is COc1ccc2c(c1)CC(C(=O)Nc1ccc(-c3cn[nH]c3C)cc1SCCN(C)C)CO2.O=C(O)C(F)(F)F.O=C(O)C(F)(F)F. The van der Waals surface area contributed by atoms with Crippen LogP contribution in [0.4, 0.5) is 32.0 Å². The third-order valence-corrected chi connectivity index (χ3v) is 7.24. The van der Waals surface area contributed by atoms with Crippen LogP contribution in [0.3, 0.4) is 0 Å². The summed E-state index contributed by atoms with van der Waals surface area (Å²) < 4.78 is 74.7. The molecule has 1 atom stereocenters. The maximum atomic E-state index is 13.2. The van der Waals surface area contributed by atoms with E-state index in [-0.39, 0.29) is 11.8 Å². The van der Waals surface area contributed by atoms with Gasteiger partial charge in [-0.2, -0.15) is 31.4 Å². The van der Waals surface area contributed by atoms with Crippen molar-refractivity contribution in [2.45, 2.75) is 30.6 Å². The number of aromatic nitrogens is 2. The Labute approximate surface area is 269 Å². The molecule has 0 saturated heterocycles. The number of aromatic amines is 1. The topological polar surface area (TPSA) is 154 Å². The van der Waals surface area contributed by atoms with E-state index in [1.54, 1.807) is 18.9 Å². The number of hydrogen-bond acceptors (Lipinski definition) is 8. The number of hydrogen-bond donors (Lipinski definition) is 4. The highest BCUT2D eigenvalue weighted by Crippen LogP contribution is 2.35. The van der Waals surface area contributed by atoms with E-state index < -0.39 is 24.3 Å². The molecule has 258 valence electrons. The highest BCUT2D eigenvalue weighted by Gasteiger charge is 2.39. The Morgan fingerprint density at radius 2 is 1.68 bits per heavy atom. The number of methoxy groups -OCH3 is 1. The number of thioether (sulfide) groups is 1. The largest absolute Gasteiger partial charge is 0.497 e. The zero-order valence-electron chi connectivity index (χ0n) is 25.5. The number of nitrogens with one attached hydrogen (secondary N) is 2. The molecule has 18 heteroatoms. The number of aliphatic carboxylic acids is 2. The number of halogens is 6. The van der Waals surface area contributed by atoms with Gasteiger partial charge in [0.1, 0.15) is 18.1 Å². The van der Waals surface area contributed by atoms with E-state index in [4.69, 9.17) is 29.3 Å². The van der Waals surface area contributed by atoms with Crippen molar-refractivity contribution in [1.29, 1.82) is 0 Å². The van der Waals surface area contributed by atoms with E-state index in [0.717, 1.165) is 56.8 Å². The number of amides is 1. The van der Waals surface area contributed by atoms with Crippen molar-refractivity contribution in [3.8, 4) is 22.6 Å². The molecule has 1 aliphatic heterocycles. The number of ether oxygens (including phenoxy) is 2. The van der Waals surface area contributed by atoms with Gasteiger partial charge in [-0.1, -0.05) is 6.07 Å². The Balaban J connectivity index is 0.000000459. The molecule has 1 aliphatic rings. The molecule has 0 bridgehead atoms. The van der Waals surface area contributed by atoms with Gasteiger partial charge in [-0.25, -0.2) is 9.59 Å². The van der Waals surface area contributed by atoms with Gasteiger partial charge in [0.15, 0.2) is 0 Å². The molecular formula is C29H32F6N4O7S. The maximum Gasteiger partial charge on any atom is 0.490 e. The lowest BCUT2D eigenvalue weighted by atomic mass is 9.95. The number of carboxylic acids is 2. The lowest BCUT2D eigenvalue weighted by Gasteiger charge is -2.25. The van der Waals surface area contributed by atoms with E-state index >= 15 is 0 Å². The van der Waals surface area contributed by atoms with E-state index in [1.165, 1.54) is 0 Å². The van der Waals surface area contributed by atoms with Crippen molar-refractivity contribution in [2.75, 3.05) is 45.4 Å². The number of carbonyl (C=O) groups is 3. The van der Waals surface area contributed by atoms with Gasteiger partial charge < -0.3 is 29.9 Å². The first-order chi connectivity index (χ1) is 21.8. The molecule has 4 N–H and O–H groups in total. The number of carbonyl (C=O) groups excluding carboxylic acids is 1. The van der Waals surface area contributed by atoms with Gasteiger partial charge in [0, 0.05) is 28.5 Å². The van der Waals surface area contributed by atoms with Crippen LogP contribution >= 0.6 is 11.8 Å². The minimum atomic E-state index is -5.08. The highest BCUT2D eigenvalue weighted by molar-refractivity contribution is 7.99. The van der Waals surface area contributed by atoms with Gasteiger partial charge >= 0.3 is 24.3 Å². The molecule has 0 spiro atoms. The van der Waals surface area contributed by atoms with E-state index in [1.807, 2.05) is 43.5 Å².